The Balaban J connectivity index is 1.57. The summed E-state index contributed by atoms with van der Waals surface area (Å²) in [5.41, 5.74) is 0.345. The molecule has 2 fully saturated rings. The summed E-state index contributed by atoms with van der Waals surface area (Å²) >= 11 is 7.88. The van der Waals surface area contributed by atoms with E-state index < -0.39 is 5.60 Å². The van der Waals surface area contributed by atoms with E-state index in [0.29, 0.717) is 26.3 Å². The van der Waals surface area contributed by atoms with Crippen LogP contribution in [0.5, 0.6) is 0 Å². The number of nitrogens with one attached hydrogen (secondary N) is 1. The van der Waals surface area contributed by atoms with Gasteiger partial charge < -0.3 is 19.7 Å². The quantitative estimate of drug-likeness (QED) is 0.558. The molecular formula is C20H28ClN5O3S. The highest BCUT2D eigenvalue weighted by atomic mass is 35.5. The molecule has 0 bridgehead atoms. The van der Waals surface area contributed by atoms with Crippen LogP contribution >= 0.6 is 22.9 Å². The van der Waals surface area contributed by atoms with Gasteiger partial charge in [0.05, 0.1) is 23.4 Å². The Morgan fingerprint density at radius 2 is 2.10 bits per heavy atom. The fraction of sp³-hybridized carbons (Fsp3) is 0.650. The SMILES string of the molecule is CC(C)(C)OC(=O)C1CNCCN1Cc1cc2nc(Cl)nc(N3CCOCC3)c2s1. The molecular weight excluding hydrogens is 426 g/mol. The lowest BCUT2D eigenvalue weighted by Crippen LogP contribution is -2.55. The lowest BCUT2D eigenvalue weighted by Gasteiger charge is -2.35. The summed E-state index contributed by atoms with van der Waals surface area (Å²) < 4.78 is 12.1. The number of halogens is 1. The van der Waals surface area contributed by atoms with Crippen molar-refractivity contribution in [3.63, 3.8) is 0 Å². The van der Waals surface area contributed by atoms with Crippen LogP contribution < -0.4 is 10.2 Å². The summed E-state index contributed by atoms with van der Waals surface area (Å²) in [6, 6.07) is 1.75. The topological polar surface area (TPSA) is 79.8 Å². The molecule has 4 rings (SSSR count). The monoisotopic (exact) mass is 453 g/mol. The molecule has 2 aliphatic rings. The minimum Gasteiger partial charge on any atom is -0.459 e. The first-order chi connectivity index (χ1) is 14.3. The third kappa shape index (κ3) is 5.03. The fourth-order valence-electron chi connectivity index (χ4n) is 3.74. The van der Waals surface area contributed by atoms with Gasteiger partial charge in [0.2, 0.25) is 5.28 Å². The molecule has 8 nitrogen and oxygen atoms in total. The Hall–Kier alpha value is -1.52. The molecule has 1 N–H and O–H groups in total. The number of nitrogens with zero attached hydrogens (tertiary/aromatic N) is 4. The van der Waals surface area contributed by atoms with Crippen LogP contribution in [0.25, 0.3) is 10.2 Å². The molecule has 0 spiro atoms. The predicted octanol–water partition coefficient (Wildman–Crippen LogP) is 2.30. The number of piperazine rings is 1. The Bertz CT molecular complexity index is 910. The van der Waals surface area contributed by atoms with Gasteiger partial charge in [-0.25, -0.2) is 4.98 Å². The zero-order valence-electron chi connectivity index (χ0n) is 17.6. The maximum absolute atomic E-state index is 12.7. The number of anilines is 1. The van der Waals surface area contributed by atoms with Gasteiger partial charge in [-0.1, -0.05) is 0 Å². The Kier molecular flexibility index (Phi) is 6.45. The standard InChI is InChI=1S/C20H28ClN5O3S/c1-20(2,3)29-18(27)15-11-22-4-5-26(15)12-13-10-14-16(30-13)17(24-19(21)23-14)25-6-8-28-9-7-25/h10,15,22H,4-9,11-12H2,1-3H3. The van der Waals surface area contributed by atoms with Gasteiger partial charge in [-0.05, 0) is 38.4 Å². The largest absolute Gasteiger partial charge is 0.459 e. The minimum absolute atomic E-state index is 0.187. The fourth-order valence-corrected chi connectivity index (χ4v) is 5.05. The van der Waals surface area contributed by atoms with Gasteiger partial charge in [0, 0.05) is 44.1 Å². The number of carbonyl (C=O) groups excluding carboxylic acids is 1. The second kappa shape index (κ2) is 8.92. The van der Waals surface area contributed by atoms with Crippen molar-refractivity contribution in [3.8, 4) is 0 Å². The van der Waals surface area contributed by atoms with E-state index in [-0.39, 0.29) is 17.3 Å². The lowest BCUT2D eigenvalue weighted by atomic mass is 10.1. The van der Waals surface area contributed by atoms with Crippen molar-refractivity contribution < 1.29 is 14.3 Å². The van der Waals surface area contributed by atoms with Crippen molar-refractivity contribution in [1.82, 2.24) is 20.2 Å². The number of rotatable bonds is 4. The predicted molar refractivity (Wildman–Crippen MR) is 118 cm³/mol. The number of thiophene rings is 1. The van der Waals surface area contributed by atoms with Gasteiger partial charge in [0.15, 0.2) is 5.82 Å². The number of morpholine rings is 1. The van der Waals surface area contributed by atoms with Gasteiger partial charge in [-0.15, -0.1) is 11.3 Å². The van der Waals surface area contributed by atoms with E-state index in [4.69, 9.17) is 21.1 Å². The van der Waals surface area contributed by atoms with E-state index in [1.807, 2.05) is 20.8 Å². The number of ether oxygens (including phenoxy) is 2. The molecule has 0 radical (unpaired) electrons. The van der Waals surface area contributed by atoms with Crippen LogP contribution in [0.1, 0.15) is 25.6 Å². The summed E-state index contributed by atoms with van der Waals surface area (Å²) in [6.45, 7) is 11.5. The van der Waals surface area contributed by atoms with Crippen molar-refractivity contribution in [1.29, 1.82) is 0 Å². The second-order valence-corrected chi connectivity index (χ2v) is 10.0. The summed E-state index contributed by atoms with van der Waals surface area (Å²) in [5, 5.41) is 3.56. The zero-order chi connectivity index (χ0) is 21.3. The van der Waals surface area contributed by atoms with Crippen molar-refractivity contribution in [2.45, 2.75) is 39.0 Å². The van der Waals surface area contributed by atoms with Crippen LogP contribution in [0.2, 0.25) is 5.28 Å². The van der Waals surface area contributed by atoms with Crippen LogP contribution in [0.4, 0.5) is 5.82 Å². The van der Waals surface area contributed by atoms with Crippen LogP contribution in [-0.4, -0.2) is 78.4 Å². The molecule has 1 atom stereocenters. The number of aromatic nitrogens is 2. The van der Waals surface area contributed by atoms with Crippen molar-refractivity contribution in [2.24, 2.45) is 0 Å². The number of hydrogen-bond acceptors (Lipinski definition) is 9. The molecule has 2 aromatic heterocycles. The zero-order valence-corrected chi connectivity index (χ0v) is 19.2. The van der Waals surface area contributed by atoms with Gasteiger partial charge in [0.25, 0.3) is 0 Å². The maximum atomic E-state index is 12.7. The highest BCUT2D eigenvalue weighted by Gasteiger charge is 2.33. The van der Waals surface area contributed by atoms with Gasteiger partial charge in [0.1, 0.15) is 11.6 Å². The Morgan fingerprint density at radius 1 is 1.33 bits per heavy atom. The first kappa shape index (κ1) is 21.7. The number of esters is 1. The summed E-state index contributed by atoms with van der Waals surface area (Å²) in [6.07, 6.45) is 0. The van der Waals surface area contributed by atoms with Gasteiger partial charge in [-0.2, -0.15) is 4.98 Å². The molecule has 2 aromatic rings. The average Bonchev–Trinajstić information content (AvgIpc) is 3.09. The molecule has 4 heterocycles. The summed E-state index contributed by atoms with van der Waals surface area (Å²) in [4.78, 5) is 27.2. The van der Waals surface area contributed by atoms with Crippen molar-refractivity contribution in [3.05, 3.63) is 16.2 Å². The number of fused-ring (bicyclic) bond motifs is 1. The minimum atomic E-state index is -0.503. The van der Waals surface area contributed by atoms with Crippen LogP contribution in [0.15, 0.2) is 6.07 Å². The lowest BCUT2D eigenvalue weighted by molar-refractivity contribution is -0.162. The van der Waals surface area contributed by atoms with E-state index >= 15 is 0 Å². The first-order valence-electron chi connectivity index (χ1n) is 10.3. The van der Waals surface area contributed by atoms with E-state index in [1.165, 1.54) is 0 Å². The number of carbonyl (C=O) groups is 1. The Labute approximate surface area is 185 Å². The molecule has 0 saturated carbocycles. The highest BCUT2D eigenvalue weighted by molar-refractivity contribution is 7.19. The van der Waals surface area contributed by atoms with Crippen molar-refractivity contribution in [2.75, 3.05) is 50.8 Å². The van der Waals surface area contributed by atoms with Crippen molar-refractivity contribution >= 4 is 44.9 Å². The third-order valence-electron chi connectivity index (χ3n) is 5.08. The summed E-state index contributed by atoms with van der Waals surface area (Å²) in [5.74, 6) is 0.682. The smallest absolute Gasteiger partial charge is 0.325 e. The van der Waals surface area contributed by atoms with E-state index in [2.05, 4.69) is 31.2 Å². The average molecular weight is 454 g/mol. The molecule has 2 aliphatic heterocycles. The van der Waals surface area contributed by atoms with E-state index in [9.17, 15) is 4.79 Å². The highest BCUT2D eigenvalue weighted by Crippen LogP contribution is 2.34. The molecule has 30 heavy (non-hydrogen) atoms. The molecule has 2 saturated heterocycles. The molecule has 0 amide bonds. The summed E-state index contributed by atoms with van der Waals surface area (Å²) in [7, 11) is 0. The third-order valence-corrected chi connectivity index (χ3v) is 6.35. The van der Waals surface area contributed by atoms with Gasteiger partial charge >= 0.3 is 5.97 Å². The van der Waals surface area contributed by atoms with Gasteiger partial charge in [-0.3, -0.25) is 9.69 Å². The molecule has 1 unspecified atom stereocenters. The van der Waals surface area contributed by atoms with Crippen LogP contribution in [0, 0.1) is 0 Å². The van der Waals surface area contributed by atoms with Crippen LogP contribution in [-0.2, 0) is 20.8 Å². The molecule has 0 aliphatic carbocycles. The Morgan fingerprint density at radius 3 is 2.83 bits per heavy atom. The molecule has 10 heteroatoms. The molecule has 0 aromatic carbocycles. The maximum Gasteiger partial charge on any atom is 0.325 e. The van der Waals surface area contributed by atoms with E-state index in [1.54, 1.807) is 11.3 Å². The second-order valence-electron chi connectivity index (χ2n) is 8.57. The normalized spacial score (nSPS) is 21.2. The molecule has 164 valence electrons. The van der Waals surface area contributed by atoms with E-state index in [0.717, 1.165) is 47.1 Å². The first-order valence-corrected chi connectivity index (χ1v) is 11.5. The number of hydrogen-bond donors (Lipinski definition) is 1. The van der Waals surface area contributed by atoms with Crippen LogP contribution in [0.3, 0.4) is 0 Å².